The Labute approximate surface area is 255 Å². The van der Waals surface area contributed by atoms with E-state index in [4.69, 9.17) is 0 Å². The number of benzene rings is 8. The molecule has 1 nitrogen and oxygen atoms in total. The summed E-state index contributed by atoms with van der Waals surface area (Å²) in [5, 5.41) is 13.1. The zero-order valence-corrected chi connectivity index (χ0v) is 24.7. The van der Waals surface area contributed by atoms with E-state index in [2.05, 4.69) is 144 Å². The van der Waals surface area contributed by atoms with Crippen molar-refractivity contribution in [2.75, 3.05) is 4.90 Å². The van der Waals surface area contributed by atoms with E-state index in [1.807, 2.05) is 22.7 Å². The van der Waals surface area contributed by atoms with Crippen molar-refractivity contribution in [1.29, 1.82) is 0 Å². The monoisotopic (exact) mass is 581 g/mol. The number of nitrogens with zero attached hydrogens (tertiary/aromatic N) is 1. The second kappa shape index (κ2) is 8.78. The van der Waals surface area contributed by atoms with Gasteiger partial charge in [0.25, 0.3) is 0 Å². The lowest BCUT2D eigenvalue weighted by Crippen LogP contribution is -2.10. The minimum absolute atomic E-state index is 1.17. The third-order valence-corrected chi connectivity index (χ3v) is 11.3. The molecule has 0 saturated heterocycles. The molecule has 0 fully saturated rings. The summed E-state index contributed by atoms with van der Waals surface area (Å²) in [5.74, 6) is 0. The third kappa shape index (κ3) is 3.38. The molecule has 0 aliphatic carbocycles. The summed E-state index contributed by atoms with van der Waals surface area (Å²) >= 11 is 3.74. The Morgan fingerprint density at radius 1 is 0.349 bits per heavy atom. The first-order valence-electron chi connectivity index (χ1n) is 14.6. The SMILES string of the molecule is c1cc2ccc3ccc(N(c4ccc5sc6ccccc6c5c4)c4ccc5sc6ccccc6c5c4)c4ccc(c1)c2c34. The molecule has 3 heteroatoms. The quantitative estimate of drug-likeness (QED) is 0.188. The van der Waals surface area contributed by atoms with Crippen LogP contribution in [0.2, 0.25) is 0 Å². The molecule has 0 aliphatic heterocycles. The standard InChI is InChI=1S/C40H23NS2/c1-3-10-35-29(8-1)32-22-27(16-20-37(32)42-35)41(28-17-21-38-33(23-28)30-9-2-4-11-36(30)43-38)34-19-15-26-13-12-24-6-5-7-25-14-18-31(34)40(26)39(24)25/h1-23H. The number of hydrogen-bond donors (Lipinski definition) is 0. The van der Waals surface area contributed by atoms with E-state index in [0.29, 0.717) is 0 Å². The van der Waals surface area contributed by atoms with Crippen LogP contribution in [0.5, 0.6) is 0 Å². The summed E-state index contributed by atoms with van der Waals surface area (Å²) in [5.41, 5.74) is 3.54. The van der Waals surface area contributed by atoms with Gasteiger partial charge in [0.1, 0.15) is 0 Å². The molecule has 0 aliphatic rings. The number of hydrogen-bond acceptors (Lipinski definition) is 3. The normalized spacial score (nSPS) is 12.2. The Morgan fingerprint density at radius 3 is 1.49 bits per heavy atom. The Bertz CT molecular complexity index is 2560. The average Bonchev–Trinajstić information content (AvgIpc) is 3.62. The Morgan fingerprint density at radius 2 is 0.860 bits per heavy atom. The molecule has 0 unspecified atom stereocenters. The average molecular weight is 582 g/mol. The molecule has 200 valence electrons. The predicted octanol–water partition coefficient (Wildman–Crippen LogP) is 12.8. The minimum Gasteiger partial charge on any atom is -0.310 e. The van der Waals surface area contributed by atoms with Gasteiger partial charge in [-0.25, -0.2) is 0 Å². The van der Waals surface area contributed by atoms with Gasteiger partial charge in [-0.1, -0.05) is 84.9 Å². The van der Waals surface area contributed by atoms with Gasteiger partial charge in [0.15, 0.2) is 0 Å². The summed E-state index contributed by atoms with van der Waals surface area (Å²) in [4.78, 5) is 2.48. The van der Waals surface area contributed by atoms with Crippen LogP contribution >= 0.6 is 22.7 Å². The van der Waals surface area contributed by atoms with Crippen molar-refractivity contribution in [3.8, 4) is 0 Å². The number of anilines is 3. The zero-order chi connectivity index (χ0) is 28.1. The minimum atomic E-state index is 1.17. The molecule has 2 heterocycles. The fraction of sp³-hybridized carbons (Fsp3) is 0. The van der Waals surface area contributed by atoms with Crippen molar-refractivity contribution < 1.29 is 0 Å². The molecular formula is C40H23NS2. The van der Waals surface area contributed by atoms with Crippen LogP contribution in [0.1, 0.15) is 0 Å². The summed E-state index contributed by atoms with van der Waals surface area (Å²) in [7, 11) is 0. The van der Waals surface area contributed by atoms with E-state index in [1.54, 1.807) is 0 Å². The number of thiophene rings is 2. The van der Waals surface area contributed by atoms with Gasteiger partial charge in [-0.2, -0.15) is 0 Å². The zero-order valence-electron chi connectivity index (χ0n) is 23.0. The van der Waals surface area contributed by atoms with Crippen molar-refractivity contribution in [2.45, 2.75) is 0 Å². The van der Waals surface area contributed by atoms with Gasteiger partial charge in [0, 0.05) is 57.1 Å². The maximum Gasteiger partial charge on any atom is 0.0540 e. The van der Waals surface area contributed by atoms with Crippen molar-refractivity contribution in [3.63, 3.8) is 0 Å². The predicted molar refractivity (Wildman–Crippen MR) is 191 cm³/mol. The van der Waals surface area contributed by atoms with Gasteiger partial charge in [-0.15, -0.1) is 22.7 Å². The van der Waals surface area contributed by atoms with Crippen molar-refractivity contribution >= 4 is 112 Å². The van der Waals surface area contributed by atoms with E-state index in [1.165, 1.54) is 89.7 Å². The summed E-state index contributed by atoms with van der Waals surface area (Å²) in [6.45, 7) is 0. The first-order chi connectivity index (χ1) is 21.3. The maximum absolute atomic E-state index is 2.48. The van der Waals surface area contributed by atoms with Crippen LogP contribution in [0, 0.1) is 0 Å². The van der Waals surface area contributed by atoms with E-state index >= 15 is 0 Å². The van der Waals surface area contributed by atoms with Crippen molar-refractivity contribution in [1.82, 2.24) is 0 Å². The van der Waals surface area contributed by atoms with Gasteiger partial charge in [-0.3, -0.25) is 0 Å². The van der Waals surface area contributed by atoms with E-state index in [-0.39, 0.29) is 0 Å². The molecule has 0 saturated carbocycles. The van der Waals surface area contributed by atoms with Crippen molar-refractivity contribution in [3.05, 3.63) is 140 Å². The first kappa shape index (κ1) is 23.6. The lowest BCUT2D eigenvalue weighted by Gasteiger charge is -2.28. The number of rotatable bonds is 3. The molecule has 0 atom stereocenters. The van der Waals surface area contributed by atoms with Crippen LogP contribution in [-0.2, 0) is 0 Å². The van der Waals surface area contributed by atoms with Gasteiger partial charge >= 0.3 is 0 Å². The highest BCUT2D eigenvalue weighted by atomic mass is 32.1. The largest absolute Gasteiger partial charge is 0.310 e. The molecule has 0 radical (unpaired) electrons. The third-order valence-electron chi connectivity index (χ3n) is 8.98. The molecular weight excluding hydrogens is 559 g/mol. The van der Waals surface area contributed by atoms with Crippen LogP contribution in [0.25, 0.3) is 72.7 Å². The molecule has 10 rings (SSSR count). The second-order valence-corrected chi connectivity index (χ2v) is 13.5. The summed E-state index contributed by atoms with van der Waals surface area (Å²) in [6.07, 6.45) is 0. The molecule has 43 heavy (non-hydrogen) atoms. The first-order valence-corrected chi connectivity index (χ1v) is 16.2. The topological polar surface area (TPSA) is 3.24 Å². The highest BCUT2D eigenvalue weighted by Gasteiger charge is 2.20. The molecule has 0 bridgehead atoms. The van der Waals surface area contributed by atoms with Crippen molar-refractivity contribution in [2.24, 2.45) is 0 Å². The van der Waals surface area contributed by atoms with Gasteiger partial charge in [0.05, 0.1) is 5.69 Å². The molecule has 10 aromatic rings. The van der Waals surface area contributed by atoms with Crippen LogP contribution in [0.15, 0.2) is 140 Å². The Balaban J connectivity index is 1.30. The van der Waals surface area contributed by atoms with E-state index < -0.39 is 0 Å². The Kier molecular flexibility index (Phi) is 4.81. The highest BCUT2D eigenvalue weighted by Crippen LogP contribution is 2.47. The van der Waals surface area contributed by atoms with Crippen LogP contribution in [-0.4, -0.2) is 0 Å². The summed E-state index contributed by atoms with van der Waals surface area (Å²) in [6, 6.07) is 51.9. The molecule has 8 aromatic carbocycles. The lowest BCUT2D eigenvalue weighted by atomic mass is 9.93. The number of fused-ring (bicyclic) bond motifs is 6. The van der Waals surface area contributed by atoms with Crippen LogP contribution in [0.4, 0.5) is 17.1 Å². The van der Waals surface area contributed by atoms with Gasteiger partial charge in [0.2, 0.25) is 0 Å². The lowest BCUT2D eigenvalue weighted by molar-refractivity contribution is 1.31. The Hall–Kier alpha value is -4.96. The highest BCUT2D eigenvalue weighted by molar-refractivity contribution is 7.26. The smallest absolute Gasteiger partial charge is 0.0540 e. The van der Waals surface area contributed by atoms with Gasteiger partial charge in [-0.05, 0) is 81.5 Å². The fourth-order valence-electron chi connectivity index (χ4n) is 7.05. The molecule has 0 amide bonds. The van der Waals surface area contributed by atoms with E-state index in [0.717, 1.165) is 0 Å². The van der Waals surface area contributed by atoms with Crippen LogP contribution < -0.4 is 4.90 Å². The second-order valence-electron chi connectivity index (χ2n) is 11.3. The molecule has 0 N–H and O–H groups in total. The van der Waals surface area contributed by atoms with Crippen LogP contribution in [0.3, 0.4) is 0 Å². The van der Waals surface area contributed by atoms with E-state index in [9.17, 15) is 0 Å². The molecule has 2 aromatic heterocycles. The molecule has 0 spiro atoms. The van der Waals surface area contributed by atoms with Gasteiger partial charge < -0.3 is 4.90 Å². The fourth-order valence-corrected chi connectivity index (χ4v) is 9.22. The maximum atomic E-state index is 2.48. The summed E-state index contributed by atoms with van der Waals surface area (Å²) < 4.78 is 5.30.